The zero-order valence-corrected chi connectivity index (χ0v) is 15.1. The summed E-state index contributed by atoms with van der Waals surface area (Å²) in [6.07, 6.45) is 0. The number of aromatic nitrogens is 2. The Balaban J connectivity index is 1.59. The van der Waals surface area contributed by atoms with Crippen molar-refractivity contribution in [1.82, 2.24) is 10.1 Å². The van der Waals surface area contributed by atoms with E-state index in [0.717, 1.165) is 4.88 Å². The van der Waals surface area contributed by atoms with Crippen molar-refractivity contribution in [1.29, 1.82) is 0 Å². The summed E-state index contributed by atoms with van der Waals surface area (Å²) in [6, 6.07) is 9.56. The van der Waals surface area contributed by atoms with Gasteiger partial charge in [-0.05, 0) is 42.0 Å². The Morgan fingerprint density at radius 2 is 2.04 bits per heavy atom. The molecule has 0 atom stereocenters. The maximum atomic E-state index is 12.1. The minimum atomic E-state index is -0.246. The molecule has 0 saturated heterocycles. The van der Waals surface area contributed by atoms with Gasteiger partial charge in [0.1, 0.15) is 10.6 Å². The average Bonchev–Trinajstić information content (AvgIpc) is 3.22. The van der Waals surface area contributed by atoms with Crippen LogP contribution in [0.1, 0.15) is 31.2 Å². The standard InChI is InChI=1S/C18H19N3O3S/c1-11(2)13-4-6-14(7-5-13)23-10-16(22)20-15-8-9-25-17(15)18-19-12(3)21-24-18/h4-9,11H,10H2,1-3H3,(H,20,22). The molecule has 3 rings (SSSR count). The Hall–Kier alpha value is -2.67. The summed E-state index contributed by atoms with van der Waals surface area (Å²) >= 11 is 1.42. The van der Waals surface area contributed by atoms with Gasteiger partial charge in [-0.15, -0.1) is 11.3 Å². The fourth-order valence-corrected chi connectivity index (χ4v) is 3.02. The Labute approximate surface area is 149 Å². The van der Waals surface area contributed by atoms with E-state index >= 15 is 0 Å². The van der Waals surface area contributed by atoms with Gasteiger partial charge >= 0.3 is 0 Å². The van der Waals surface area contributed by atoms with E-state index in [-0.39, 0.29) is 12.5 Å². The summed E-state index contributed by atoms with van der Waals surface area (Å²) in [6.45, 7) is 5.94. The van der Waals surface area contributed by atoms with Gasteiger partial charge in [0, 0.05) is 0 Å². The van der Waals surface area contributed by atoms with Crippen molar-refractivity contribution < 1.29 is 14.1 Å². The van der Waals surface area contributed by atoms with Crippen LogP contribution in [0, 0.1) is 6.92 Å². The second-order valence-corrected chi connectivity index (χ2v) is 6.79. The predicted octanol–water partition coefficient (Wildman–Crippen LogP) is 4.25. The number of hydrogen-bond acceptors (Lipinski definition) is 6. The van der Waals surface area contributed by atoms with Crippen molar-refractivity contribution in [3.8, 4) is 16.5 Å². The van der Waals surface area contributed by atoms with Crippen molar-refractivity contribution in [3.05, 3.63) is 47.1 Å². The Bertz CT molecular complexity index is 853. The van der Waals surface area contributed by atoms with Crippen molar-refractivity contribution in [2.75, 3.05) is 11.9 Å². The number of nitrogens with zero attached hydrogens (tertiary/aromatic N) is 2. The van der Waals surface area contributed by atoms with Gasteiger partial charge in [0.25, 0.3) is 11.8 Å². The van der Waals surface area contributed by atoms with E-state index in [0.29, 0.717) is 29.1 Å². The molecule has 1 N–H and O–H groups in total. The van der Waals surface area contributed by atoms with Crippen molar-refractivity contribution >= 4 is 22.9 Å². The molecule has 7 heteroatoms. The van der Waals surface area contributed by atoms with Crippen LogP contribution in [0.3, 0.4) is 0 Å². The topological polar surface area (TPSA) is 77.2 Å². The quantitative estimate of drug-likeness (QED) is 0.714. The van der Waals surface area contributed by atoms with E-state index in [2.05, 4.69) is 29.3 Å². The van der Waals surface area contributed by atoms with Gasteiger partial charge in [0.15, 0.2) is 12.4 Å². The summed E-state index contributed by atoms with van der Waals surface area (Å²) in [5.74, 6) is 1.82. The summed E-state index contributed by atoms with van der Waals surface area (Å²) < 4.78 is 10.7. The largest absolute Gasteiger partial charge is 0.484 e. The lowest BCUT2D eigenvalue weighted by Crippen LogP contribution is -2.20. The van der Waals surface area contributed by atoms with Crippen LogP contribution in [0.2, 0.25) is 0 Å². The molecule has 0 unspecified atom stereocenters. The molecule has 0 fully saturated rings. The lowest BCUT2D eigenvalue weighted by molar-refractivity contribution is -0.118. The first-order valence-corrected chi connectivity index (χ1v) is 8.81. The summed E-state index contributed by atoms with van der Waals surface area (Å²) in [7, 11) is 0. The third-order valence-corrected chi connectivity index (χ3v) is 4.48. The van der Waals surface area contributed by atoms with Crippen LogP contribution in [-0.4, -0.2) is 22.7 Å². The van der Waals surface area contributed by atoms with Crippen LogP contribution in [-0.2, 0) is 4.79 Å². The molecule has 25 heavy (non-hydrogen) atoms. The fourth-order valence-electron chi connectivity index (χ4n) is 2.25. The molecule has 0 saturated carbocycles. The molecule has 130 valence electrons. The fraction of sp³-hybridized carbons (Fsp3) is 0.278. The van der Waals surface area contributed by atoms with Crippen LogP contribution in [0.4, 0.5) is 5.69 Å². The van der Waals surface area contributed by atoms with Gasteiger partial charge in [0.05, 0.1) is 5.69 Å². The monoisotopic (exact) mass is 357 g/mol. The summed E-state index contributed by atoms with van der Waals surface area (Å²) in [5.41, 5.74) is 1.87. The van der Waals surface area contributed by atoms with E-state index in [1.807, 2.05) is 29.6 Å². The first-order chi connectivity index (χ1) is 12.0. The molecule has 6 nitrogen and oxygen atoms in total. The molecule has 3 aromatic rings. The molecule has 0 aliphatic rings. The SMILES string of the molecule is Cc1noc(-c2sccc2NC(=O)COc2ccc(C(C)C)cc2)n1. The van der Waals surface area contributed by atoms with Gasteiger partial charge < -0.3 is 14.6 Å². The number of ether oxygens (including phenoxy) is 1. The lowest BCUT2D eigenvalue weighted by atomic mass is 10.0. The number of nitrogens with one attached hydrogen (secondary N) is 1. The molecule has 2 aromatic heterocycles. The van der Waals surface area contributed by atoms with Gasteiger partial charge in [-0.3, -0.25) is 4.79 Å². The smallest absolute Gasteiger partial charge is 0.270 e. The number of carbonyl (C=O) groups is 1. The third-order valence-electron chi connectivity index (χ3n) is 3.58. The predicted molar refractivity (Wildman–Crippen MR) is 97.0 cm³/mol. The first-order valence-electron chi connectivity index (χ1n) is 7.93. The van der Waals surface area contributed by atoms with Crippen molar-refractivity contribution in [2.24, 2.45) is 0 Å². The highest BCUT2D eigenvalue weighted by Gasteiger charge is 2.15. The zero-order chi connectivity index (χ0) is 17.8. The Kier molecular flexibility index (Phi) is 5.14. The molecule has 0 aliphatic heterocycles. The van der Waals surface area contributed by atoms with Crippen LogP contribution >= 0.6 is 11.3 Å². The van der Waals surface area contributed by atoms with Crippen LogP contribution in [0.25, 0.3) is 10.8 Å². The van der Waals surface area contributed by atoms with Gasteiger partial charge in [-0.25, -0.2) is 0 Å². The summed E-state index contributed by atoms with van der Waals surface area (Å²) in [4.78, 5) is 17.1. The molecule has 0 spiro atoms. The van der Waals surface area contributed by atoms with Crippen molar-refractivity contribution in [3.63, 3.8) is 0 Å². The Morgan fingerprint density at radius 3 is 2.68 bits per heavy atom. The van der Waals surface area contributed by atoms with Crippen LogP contribution in [0.15, 0.2) is 40.2 Å². The highest BCUT2D eigenvalue weighted by molar-refractivity contribution is 7.14. The average molecular weight is 357 g/mol. The lowest BCUT2D eigenvalue weighted by Gasteiger charge is -2.09. The maximum Gasteiger partial charge on any atom is 0.270 e. The van der Waals surface area contributed by atoms with E-state index in [4.69, 9.17) is 9.26 Å². The van der Waals surface area contributed by atoms with Crippen molar-refractivity contribution in [2.45, 2.75) is 26.7 Å². The van der Waals surface area contributed by atoms with Crippen LogP contribution < -0.4 is 10.1 Å². The van der Waals surface area contributed by atoms with Gasteiger partial charge in [0.2, 0.25) is 0 Å². The molecule has 0 bridgehead atoms. The first kappa shape index (κ1) is 17.2. The number of benzene rings is 1. The number of carbonyl (C=O) groups excluding carboxylic acids is 1. The van der Waals surface area contributed by atoms with E-state index in [9.17, 15) is 4.79 Å². The molecule has 2 heterocycles. The number of amides is 1. The number of aryl methyl sites for hydroxylation is 1. The third kappa shape index (κ3) is 4.24. The van der Waals surface area contributed by atoms with Gasteiger partial charge in [-0.2, -0.15) is 4.98 Å². The van der Waals surface area contributed by atoms with Crippen LogP contribution in [0.5, 0.6) is 5.75 Å². The molecular formula is C18H19N3O3S. The van der Waals surface area contributed by atoms with Gasteiger partial charge in [-0.1, -0.05) is 31.1 Å². The normalized spacial score (nSPS) is 10.9. The number of anilines is 1. The molecule has 1 aromatic carbocycles. The Morgan fingerprint density at radius 1 is 1.28 bits per heavy atom. The molecule has 0 aliphatic carbocycles. The second-order valence-electron chi connectivity index (χ2n) is 5.87. The molecular weight excluding hydrogens is 338 g/mol. The van der Waals surface area contributed by atoms with E-state index in [1.165, 1.54) is 16.9 Å². The molecule has 1 amide bonds. The number of hydrogen-bond donors (Lipinski definition) is 1. The minimum absolute atomic E-state index is 0.0703. The highest BCUT2D eigenvalue weighted by Crippen LogP contribution is 2.32. The van der Waals surface area contributed by atoms with E-state index < -0.39 is 0 Å². The zero-order valence-electron chi connectivity index (χ0n) is 14.3. The summed E-state index contributed by atoms with van der Waals surface area (Å²) in [5, 5.41) is 8.45. The second kappa shape index (κ2) is 7.48. The number of thiophene rings is 1. The maximum absolute atomic E-state index is 12.1. The van der Waals surface area contributed by atoms with E-state index in [1.54, 1.807) is 13.0 Å². The molecule has 0 radical (unpaired) electrons. The number of rotatable bonds is 6. The minimum Gasteiger partial charge on any atom is -0.484 e. The highest BCUT2D eigenvalue weighted by atomic mass is 32.1.